The minimum Gasteiger partial charge on any atom is -0.317 e. The molecule has 0 saturated carbocycles. The van der Waals surface area contributed by atoms with Crippen LogP contribution in [-0.4, -0.2) is 71.3 Å². The lowest BCUT2D eigenvalue weighted by molar-refractivity contribution is 0.401. The summed E-state index contributed by atoms with van der Waals surface area (Å²) in [4.78, 5) is 0. The van der Waals surface area contributed by atoms with E-state index in [1.807, 2.05) is 0 Å². The van der Waals surface area contributed by atoms with E-state index in [9.17, 15) is 0 Å². The Morgan fingerprint density at radius 1 is 0.524 bits per heavy atom. The molecule has 0 aliphatic carbocycles. The predicted molar refractivity (Wildman–Crippen MR) is 103 cm³/mol. The Morgan fingerprint density at radius 3 is 0.857 bits per heavy atom. The Labute approximate surface area is 138 Å². The van der Waals surface area contributed by atoms with E-state index in [4.69, 9.17) is 0 Å². The number of rotatable bonds is 10. The van der Waals surface area contributed by atoms with Gasteiger partial charge in [0, 0.05) is 0 Å². The largest absolute Gasteiger partial charge is 0.317 e. The van der Waals surface area contributed by atoms with Gasteiger partial charge in [0.15, 0.2) is 9.84 Å². The summed E-state index contributed by atoms with van der Waals surface area (Å²) < 4.78 is 5.15. The average Bonchev–Trinajstić information content (AvgIpc) is 2.52. The van der Waals surface area contributed by atoms with Gasteiger partial charge in [0.1, 0.15) is 0 Å². The van der Waals surface area contributed by atoms with Crippen LogP contribution in [0.4, 0.5) is 0 Å². The van der Waals surface area contributed by atoms with E-state index >= 15 is 0 Å². The summed E-state index contributed by atoms with van der Waals surface area (Å²) >= 11 is 0. The number of nitrogens with zero attached hydrogens (tertiary/aromatic N) is 2. The van der Waals surface area contributed by atoms with Crippen LogP contribution in [0.2, 0.25) is 0 Å². The van der Waals surface area contributed by atoms with Gasteiger partial charge in [-0.1, -0.05) is 55.4 Å². The standard InChI is InChI=1S/C8H22N2Si.2C4H11N/c1-5-9(6-2)11-10(7-3)8-4;2*1-3-5-4-2/h5-8,11H2,1-4H3;2*5H,3-4H2,1-2H3. The molecule has 0 aliphatic rings. The van der Waals surface area contributed by atoms with Crippen molar-refractivity contribution >= 4 is 9.84 Å². The zero-order chi connectivity index (χ0) is 16.9. The molecule has 5 heteroatoms. The Kier molecular flexibility index (Phi) is 31.0. The summed E-state index contributed by atoms with van der Waals surface area (Å²) in [7, 11) is -0.0941. The van der Waals surface area contributed by atoms with Crippen molar-refractivity contribution in [2.75, 3.05) is 52.4 Å². The number of hydrogen-bond donors (Lipinski definition) is 2. The van der Waals surface area contributed by atoms with Crippen molar-refractivity contribution < 1.29 is 0 Å². The molecule has 4 nitrogen and oxygen atoms in total. The van der Waals surface area contributed by atoms with Gasteiger partial charge in [0.05, 0.1) is 0 Å². The molecule has 21 heavy (non-hydrogen) atoms. The fourth-order valence-corrected chi connectivity index (χ4v) is 3.00. The van der Waals surface area contributed by atoms with Gasteiger partial charge in [0.2, 0.25) is 0 Å². The molecular weight excluding hydrogens is 276 g/mol. The molecule has 0 spiro atoms. The third kappa shape index (κ3) is 25.4. The lowest BCUT2D eigenvalue weighted by atomic mass is 10.7. The first-order chi connectivity index (χ1) is 10.1. The highest BCUT2D eigenvalue weighted by Crippen LogP contribution is 1.89. The fourth-order valence-electron chi connectivity index (χ4n) is 1.63. The van der Waals surface area contributed by atoms with Crippen LogP contribution in [0.25, 0.3) is 0 Å². The van der Waals surface area contributed by atoms with Crippen molar-refractivity contribution in [3.63, 3.8) is 0 Å². The van der Waals surface area contributed by atoms with E-state index < -0.39 is 0 Å². The minimum absolute atomic E-state index is 0.0941. The van der Waals surface area contributed by atoms with Gasteiger partial charge in [-0.05, 0) is 52.4 Å². The van der Waals surface area contributed by atoms with Crippen LogP contribution in [0.1, 0.15) is 55.4 Å². The molecule has 0 rings (SSSR count). The van der Waals surface area contributed by atoms with Crippen molar-refractivity contribution in [1.82, 2.24) is 19.8 Å². The molecule has 0 amide bonds. The summed E-state index contributed by atoms with van der Waals surface area (Å²) in [5.41, 5.74) is 0. The summed E-state index contributed by atoms with van der Waals surface area (Å²) in [6, 6.07) is 0. The van der Waals surface area contributed by atoms with E-state index in [1.165, 1.54) is 26.2 Å². The Morgan fingerprint density at radius 2 is 0.762 bits per heavy atom. The van der Waals surface area contributed by atoms with Gasteiger partial charge < -0.3 is 19.8 Å². The molecule has 2 N–H and O–H groups in total. The van der Waals surface area contributed by atoms with E-state index in [-0.39, 0.29) is 9.84 Å². The molecule has 0 aromatic rings. The zero-order valence-corrected chi connectivity index (χ0v) is 17.7. The van der Waals surface area contributed by atoms with Crippen LogP contribution in [0.15, 0.2) is 0 Å². The highest BCUT2D eigenvalue weighted by Gasteiger charge is 2.04. The number of hydrogen-bond acceptors (Lipinski definition) is 4. The van der Waals surface area contributed by atoms with Gasteiger partial charge >= 0.3 is 0 Å². The average molecular weight is 321 g/mol. The Balaban J connectivity index is -0.000000270. The van der Waals surface area contributed by atoms with Crippen molar-refractivity contribution in [1.29, 1.82) is 0 Å². The molecule has 0 aromatic heterocycles. The normalized spacial score (nSPS) is 10.0. The highest BCUT2D eigenvalue weighted by molar-refractivity contribution is 6.28. The third-order valence-electron chi connectivity index (χ3n) is 3.19. The first kappa shape index (κ1) is 26.0. The minimum atomic E-state index is -0.0941. The smallest absolute Gasteiger partial charge is 0.172 e. The molecule has 0 heterocycles. The van der Waals surface area contributed by atoms with Gasteiger partial charge in [-0.25, -0.2) is 0 Å². The molecule has 0 fully saturated rings. The van der Waals surface area contributed by atoms with Gasteiger partial charge in [-0.3, -0.25) is 0 Å². The molecule has 0 atom stereocenters. The zero-order valence-electron chi connectivity index (χ0n) is 16.3. The lowest BCUT2D eigenvalue weighted by Crippen LogP contribution is -2.41. The maximum absolute atomic E-state index is 3.11. The van der Waals surface area contributed by atoms with E-state index in [0.717, 1.165) is 26.2 Å². The van der Waals surface area contributed by atoms with Crippen LogP contribution in [0.5, 0.6) is 0 Å². The second-order valence-electron chi connectivity index (χ2n) is 4.66. The summed E-state index contributed by atoms with van der Waals surface area (Å²) in [5.74, 6) is 0. The van der Waals surface area contributed by atoms with Crippen molar-refractivity contribution in [2.45, 2.75) is 55.4 Å². The first-order valence-corrected chi connectivity index (χ1v) is 10.2. The molecule has 0 saturated heterocycles. The molecule has 0 bridgehead atoms. The highest BCUT2D eigenvalue weighted by atomic mass is 28.2. The maximum Gasteiger partial charge on any atom is 0.172 e. The summed E-state index contributed by atoms with van der Waals surface area (Å²) in [6.07, 6.45) is 0. The van der Waals surface area contributed by atoms with Gasteiger partial charge in [0.25, 0.3) is 0 Å². The van der Waals surface area contributed by atoms with E-state index in [1.54, 1.807) is 0 Å². The Hall–Kier alpha value is 0.0569. The predicted octanol–water partition coefficient (Wildman–Crippen LogP) is 1.90. The van der Waals surface area contributed by atoms with Crippen LogP contribution >= 0.6 is 0 Å². The SMILES string of the molecule is CCN(CC)[SiH2]N(CC)CC.CCNCC.CCNCC. The maximum atomic E-state index is 3.11. The lowest BCUT2D eigenvalue weighted by Gasteiger charge is -2.26. The van der Waals surface area contributed by atoms with Crippen LogP contribution in [0.3, 0.4) is 0 Å². The topological polar surface area (TPSA) is 30.5 Å². The van der Waals surface area contributed by atoms with Gasteiger partial charge in [-0.2, -0.15) is 0 Å². The third-order valence-corrected chi connectivity index (χ3v) is 5.78. The van der Waals surface area contributed by atoms with Crippen molar-refractivity contribution in [2.24, 2.45) is 0 Å². The summed E-state index contributed by atoms with van der Waals surface area (Å²) in [5, 5.41) is 6.22. The van der Waals surface area contributed by atoms with Gasteiger partial charge in [-0.15, -0.1) is 0 Å². The Bertz CT molecular complexity index is 131. The summed E-state index contributed by atoms with van der Waals surface area (Å²) in [6.45, 7) is 26.7. The van der Waals surface area contributed by atoms with Crippen LogP contribution in [0, 0.1) is 0 Å². The monoisotopic (exact) mass is 320 g/mol. The van der Waals surface area contributed by atoms with E-state index in [2.05, 4.69) is 75.2 Å². The van der Waals surface area contributed by atoms with E-state index in [0.29, 0.717) is 0 Å². The molecule has 0 aliphatic heterocycles. The van der Waals surface area contributed by atoms with Crippen LogP contribution < -0.4 is 10.6 Å². The molecule has 0 radical (unpaired) electrons. The molecule has 0 aromatic carbocycles. The molecule has 132 valence electrons. The van der Waals surface area contributed by atoms with Crippen molar-refractivity contribution in [3.8, 4) is 0 Å². The number of nitrogens with one attached hydrogen (secondary N) is 2. The second-order valence-corrected chi connectivity index (χ2v) is 6.73. The molecule has 0 unspecified atom stereocenters. The molecular formula is C16H44N4Si. The second kappa shape index (κ2) is 25.0. The first-order valence-electron chi connectivity index (χ1n) is 8.97. The van der Waals surface area contributed by atoms with Crippen LogP contribution in [-0.2, 0) is 0 Å². The van der Waals surface area contributed by atoms with Crippen molar-refractivity contribution in [3.05, 3.63) is 0 Å². The quantitative estimate of drug-likeness (QED) is 0.602. The fraction of sp³-hybridized carbons (Fsp3) is 1.00.